The van der Waals surface area contributed by atoms with Crippen LogP contribution in [0, 0.1) is 10.1 Å². The minimum absolute atomic E-state index is 0.167. The molecule has 17 heavy (non-hydrogen) atoms. The van der Waals surface area contributed by atoms with Crippen LogP contribution in [0.2, 0.25) is 0 Å². The minimum Gasteiger partial charge on any atom is -0.502 e. The summed E-state index contributed by atoms with van der Waals surface area (Å²) in [6.45, 7) is 0. The lowest BCUT2D eigenvalue weighted by molar-refractivity contribution is -0.385. The summed E-state index contributed by atoms with van der Waals surface area (Å²) >= 11 is 0. The lowest BCUT2D eigenvalue weighted by Crippen LogP contribution is -2.40. The van der Waals surface area contributed by atoms with E-state index in [0.717, 1.165) is 0 Å². The molecular formula is C10H13N3O4. The average molecular weight is 239 g/mol. The number of hydrogen-bond donors (Lipinski definition) is 3. The first-order valence-corrected chi connectivity index (χ1v) is 4.89. The molecule has 1 atom stereocenters. The van der Waals surface area contributed by atoms with E-state index in [2.05, 4.69) is 5.32 Å². The van der Waals surface area contributed by atoms with Crippen molar-refractivity contribution in [2.45, 2.75) is 12.5 Å². The molecular weight excluding hydrogens is 226 g/mol. The molecule has 0 bridgehead atoms. The summed E-state index contributed by atoms with van der Waals surface area (Å²) in [5, 5.41) is 22.2. The first kappa shape index (κ1) is 12.9. The van der Waals surface area contributed by atoms with Crippen LogP contribution in [0.15, 0.2) is 18.2 Å². The van der Waals surface area contributed by atoms with Gasteiger partial charge in [-0.05, 0) is 18.1 Å². The second-order valence-corrected chi connectivity index (χ2v) is 3.51. The lowest BCUT2D eigenvalue weighted by Gasteiger charge is -2.09. The zero-order valence-electron chi connectivity index (χ0n) is 9.21. The Morgan fingerprint density at radius 3 is 2.82 bits per heavy atom. The number of nitro benzene ring substituents is 1. The second kappa shape index (κ2) is 5.26. The minimum atomic E-state index is -0.774. The molecule has 4 N–H and O–H groups in total. The molecule has 0 aromatic heterocycles. The van der Waals surface area contributed by atoms with Crippen molar-refractivity contribution in [3.8, 4) is 5.75 Å². The number of hydrogen-bond acceptors (Lipinski definition) is 5. The third-order valence-electron chi connectivity index (χ3n) is 2.28. The summed E-state index contributed by atoms with van der Waals surface area (Å²) in [5.74, 6) is -0.756. The van der Waals surface area contributed by atoms with E-state index >= 15 is 0 Å². The molecule has 0 fully saturated rings. The van der Waals surface area contributed by atoms with Gasteiger partial charge in [-0.1, -0.05) is 6.07 Å². The number of nitrogens with zero attached hydrogens (tertiary/aromatic N) is 1. The van der Waals surface area contributed by atoms with Crippen LogP contribution in [-0.4, -0.2) is 29.0 Å². The predicted molar refractivity (Wildman–Crippen MR) is 60.5 cm³/mol. The van der Waals surface area contributed by atoms with E-state index in [1.54, 1.807) is 0 Å². The second-order valence-electron chi connectivity index (χ2n) is 3.51. The summed E-state index contributed by atoms with van der Waals surface area (Å²) in [7, 11) is 1.46. The number of carbonyl (C=O) groups excluding carboxylic acids is 1. The number of nitrogens with two attached hydrogens (primary N) is 1. The van der Waals surface area contributed by atoms with Crippen LogP contribution in [0.5, 0.6) is 5.75 Å². The molecule has 0 saturated heterocycles. The number of rotatable bonds is 4. The fraction of sp³-hybridized carbons (Fsp3) is 0.300. The van der Waals surface area contributed by atoms with Crippen molar-refractivity contribution in [3.63, 3.8) is 0 Å². The zero-order chi connectivity index (χ0) is 13.0. The molecule has 1 aromatic carbocycles. The highest BCUT2D eigenvalue weighted by Gasteiger charge is 2.17. The number of phenols is 1. The van der Waals surface area contributed by atoms with Gasteiger partial charge in [0.05, 0.1) is 11.0 Å². The first-order valence-electron chi connectivity index (χ1n) is 4.89. The van der Waals surface area contributed by atoms with Gasteiger partial charge in [-0.15, -0.1) is 0 Å². The third kappa shape index (κ3) is 3.15. The summed E-state index contributed by atoms with van der Waals surface area (Å²) in [4.78, 5) is 21.1. The van der Waals surface area contributed by atoms with Crippen LogP contribution in [0.3, 0.4) is 0 Å². The van der Waals surface area contributed by atoms with Crippen LogP contribution in [0.25, 0.3) is 0 Å². The number of amides is 1. The fourth-order valence-corrected chi connectivity index (χ4v) is 1.37. The predicted octanol–water partition coefficient (Wildman–Crippen LogP) is -0.0838. The highest BCUT2D eigenvalue weighted by atomic mass is 16.6. The number of aromatic hydroxyl groups is 1. The molecule has 0 aliphatic heterocycles. The van der Waals surface area contributed by atoms with Crippen molar-refractivity contribution in [2.75, 3.05) is 7.05 Å². The van der Waals surface area contributed by atoms with Crippen molar-refractivity contribution in [1.82, 2.24) is 5.32 Å². The maximum atomic E-state index is 11.2. The maximum absolute atomic E-state index is 11.2. The van der Waals surface area contributed by atoms with Gasteiger partial charge < -0.3 is 16.2 Å². The number of carbonyl (C=O) groups is 1. The highest BCUT2D eigenvalue weighted by molar-refractivity contribution is 5.81. The maximum Gasteiger partial charge on any atom is 0.310 e. The molecule has 7 heteroatoms. The third-order valence-corrected chi connectivity index (χ3v) is 2.28. The van der Waals surface area contributed by atoms with Gasteiger partial charge in [-0.3, -0.25) is 14.9 Å². The normalized spacial score (nSPS) is 11.9. The quantitative estimate of drug-likeness (QED) is 0.501. The molecule has 0 spiro atoms. The standard InChI is InChI=1S/C10H13N3O4/c1-12-10(15)7(11)4-6-2-3-9(14)8(5-6)13(16)17/h2-3,5,7,14H,4,11H2,1H3,(H,12,15)/t7-/m0/s1. The van der Waals surface area contributed by atoms with E-state index < -0.39 is 22.4 Å². The van der Waals surface area contributed by atoms with Crippen molar-refractivity contribution in [1.29, 1.82) is 0 Å². The molecule has 0 heterocycles. The van der Waals surface area contributed by atoms with Crippen LogP contribution in [0.1, 0.15) is 5.56 Å². The van der Waals surface area contributed by atoms with Crippen molar-refractivity contribution >= 4 is 11.6 Å². The molecule has 0 aliphatic carbocycles. The Morgan fingerprint density at radius 1 is 1.65 bits per heavy atom. The van der Waals surface area contributed by atoms with E-state index in [1.165, 1.54) is 25.2 Å². The fourth-order valence-electron chi connectivity index (χ4n) is 1.37. The molecule has 0 saturated carbocycles. The smallest absolute Gasteiger partial charge is 0.310 e. The first-order chi connectivity index (χ1) is 7.95. The summed E-state index contributed by atoms with van der Waals surface area (Å²) < 4.78 is 0. The van der Waals surface area contributed by atoms with Crippen molar-refractivity contribution < 1.29 is 14.8 Å². The largest absolute Gasteiger partial charge is 0.502 e. The van der Waals surface area contributed by atoms with Gasteiger partial charge in [-0.2, -0.15) is 0 Å². The van der Waals surface area contributed by atoms with Gasteiger partial charge in [0.15, 0.2) is 5.75 Å². The molecule has 92 valence electrons. The van der Waals surface area contributed by atoms with E-state index in [9.17, 15) is 20.0 Å². The van der Waals surface area contributed by atoms with Gasteiger partial charge in [0.25, 0.3) is 0 Å². The van der Waals surface area contributed by atoms with Gasteiger partial charge >= 0.3 is 5.69 Å². The van der Waals surface area contributed by atoms with Crippen molar-refractivity contribution in [2.24, 2.45) is 5.73 Å². The number of likely N-dealkylation sites (N-methyl/N-ethyl adjacent to an activating group) is 1. The summed E-state index contributed by atoms with van der Waals surface area (Å²) in [6.07, 6.45) is 0.167. The highest BCUT2D eigenvalue weighted by Crippen LogP contribution is 2.26. The molecule has 1 aromatic rings. The molecule has 0 unspecified atom stereocenters. The van der Waals surface area contributed by atoms with Gasteiger partial charge in [0.2, 0.25) is 5.91 Å². The Morgan fingerprint density at radius 2 is 2.29 bits per heavy atom. The number of benzene rings is 1. The Balaban J connectivity index is 2.90. The van der Waals surface area contributed by atoms with Crippen LogP contribution < -0.4 is 11.1 Å². The Hall–Kier alpha value is -2.15. The Labute approximate surface area is 97.4 Å². The van der Waals surface area contributed by atoms with Gasteiger partial charge in [0, 0.05) is 13.1 Å². The summed E-state index contributed by atoms with van der Waals surface area (Å²) in [5.41, 5.74) is 5.70. The molecule has 1 amide bonds. The summed E-state index contributed by atoms with van der Waals surface area (Å²) in [6, 6.07) is 3.14. The van der Waals surface area contributed by atoms with Crippen molar-refractivity contribution in [3.05, 3.63) is 33.9 Å². The van der Waals surface area contributed by atoms with E-state index in [4.69, 9.17) is 5.73 Å². The molecule has 1 rings (SSSR count). The Kier molecular flexibility index (Phi) is 4.00. The van der Waals surface area contributed by atoms with Crippen LogP contribution in [0.4, 0.5) is 5.69 Å². The van der Waals surface area contributed by atoms with Gasteiger partial charge in [0.1, 0.15) is 0 Å². The Bertz CT molecular complexity index is 447. The van der Waals surface area contributed by atoms with E-state index in [-0.39, 0.29) is 12.3 Å². The van der Waals surface area contributed by atoms with E-state index in [0.29, 0.717) is 5.56 Å². The lowest BCUT2D eigenvalue weighted by atomic mass is 10.1. The molecule has 0 aliphatic rings. The number of nitrogens with one attached hydrogen (secondary N) is 1. The zero-order valence-corrected chi connectivity index (χ0v) is 9.21. The monoisotopic (exact) mass is 239 g/mol. The van der Waals surface area contributed by atoms with E-state index in [1.807, 2.05) is 0 Å². The number of nitro groups is 1. The average Bonchev–Trinajstić information content (AvgIpc) is 2.30. The topological polar surface area (TPSA) is 118 Å². The van der Waals surface area contributed by atoms with Gasteiger partial charge in [-0.25, -0.2) is 0 Å². The molecule has 7 nitrogen and oxygen atoms in total. The van der Waals surface area contributed by atoms with Crippen LogP contribution in [-0.2, 0) is 11.2 Å². The molecule has 0 radical (unpaired) electrons. The SMILES string of the molecule is CNC(=O)[C@@H](N)Cc1ccc(O)c([N+](=O)[O-])c1. The number of phenolic OH excluding ortho intramolecular Hbond substituents is 1. The van der Waals surface area contributed by atoms with Crippen LogP contribution >= 0.6 is 0 Å².